The van der Waals surface area contributed by atoms with E-state index in [4.69, 9.17) is 19.2 Å². The lowest BCUT2D eigenvalue weighted by Crippen LogP contribution is -2.31. The van der Waals surface area contributed by atoms with Gasteiger partial charge in [-0.3, -0.25) is 14.5 Å². The lowest BCUT2D eigenvalue weighted by Gasteiger charge is -2.23. The maximum Gasteiger partial charge on any atom is 0.260 e. The number of pyridine rings is 2. The summed E-state index contributed by atoms with van der Waals surface area (Å²) < 4.78 is 18.6. The number of anilines is 2. The van der Waals surface area contributed by atoms with Crippen LogP contribution in [0.15, 0.2) is 60.9 Å². The van der Waals surface area contributed by atoms with Gasteiger partial charge in [-0.25, -0.2) is 4.98 Å². The highest BCUT2D eigenvalue weighted by Crippen LogP contribution is 2.39. The van der Waals surface area contributed by atoms with Crippen LogP contribution in [-0.4, -0.2) is 39.9 Å². The number of aromatic nitrogens is 4. The van der Waals surface area contributed by atoms with Crippen molar-refractivity contribution in [3.05, 3.63) is 100 Å². The first-order chi connectivity index (χ1) is 21.9. The van der Waals surface area contributed by atoms with Crippen molar-refractivity contribution in [1.82, 2.24) is 19.7 Å². The topological polar surface area (TPSA) is 104 Å². The summed E-state index contributed by atoms with van der Waals surface area (Å²) in [6.45, 7) is 3.82. The molecule has 1 aliphatic carbocycles. The second-order valence-electron chi connectivity index (χ2n) is 11.7. The number of rotatable bonds is 10. The summed E-state index contributed by atoms with van der Waals surface area (Å²) in [6, 6.07) is 15.9. The van der Waals surface area contributed by atoms with Crippen LogP contribution in [0, 0.1) is 6.92 Å². The van der Waals surface area contributed by atoms with Crippen molar-refractivity contribution in [2.75, 3.05) is 24.4 Å². The number of carbonyl (C=O) groups is 1. The third kappa shape index (κ3) is 5.69. The van der Waals surface area contributed by atoms with E-state index >= 15 is 0 Å². The molecule has 0 unspecified atom stereocenters. The minimum absolute atomic E-state index is 0.118. The molecule has 0 atom stereocenters. The predicted octanol–water partition coefficient (Wildman–Crippen LogP) is 6.06. The third-order valence-corrected chi connectivity index (χ3v) is 8.60. The number of carbonyl (C=O) groups excluding carboxylic acids is 1. The molecule has 0 bridgehead atoms. The second kappa shape index (κ2) is 11.9. The summed E-state index contributed by atoms with van der Waals surface area (Å²) in [5.74, 6) is 2.67. The maximum atomic E-state index is 14.0. The highest BCUT2D eigenvalue weighted by molar-refractivity contribution is 6.06. The Kier molecular flexibility index (Phi) is 7.58. The van der Waals surface area contributed by atoms with Crippen molar-refractivity contribution >= 4 is 28.3 Å². The van der Waals surface area contributed by atoms with Gasteiger partial charge in [-0.15, -0.1) is 0 Å². The zero-order chi connectivity index (χ0) is 31.1. The molecular weight excluding hydrogens is 568 g/mol. The Labute approximate surface area is 262 Å². The van der Waals surface area contributed by atoms with Gasteiger partial charge in [-0.2, -0.15) is 5.10 Å². The monoisotopic (exact) mass is 604 g/mol. The van der Waals surface area contributed by atoms with Crippen molar-refractivity contribution < 1.29 is 19.0 Å². The van der Waals surface area contributed by atoms with Crippen LogP contribution in [0.3, 0.4) is 0 Å². The molecule has 3 aromatic heterocycles. The number of hydrogen-bond donors (Lipinski definition) is 1. The SMILES string of the molecule is COc1ccc(CNc2nc3cc(CN(C(=O)c4ccc(C5CC5)nc4)c4cn(C)nc4C)ccc3c3c2COC3)c(OC)c1. The van der Waals surface area contributed by atoms with E-state index in [1.807, 2.05) is 50.5 Å². The molecule has 7 rings (SSSR count). The van der Waals surface area contributed by atoms with E-state index in [9.17, 15) is 4.79 Å². The molecule has 0 radical (unpaired) electrons. The molecule has 230 valence electrons. The van der Waals surface area contributed by atoms with E-state index in [1.54, 1.807) is 30.0 Å². The van der Waals surface area contributed by atoms with E-state index in [0.29, 0.717) is 37.8 Å². The number of hydrogen-bond acceptors (Lipinski definition) is 8. The van der Waals surface area contributed by atoms with Crippen LogP contribution in [-0.2, 0) is 38.1 Å². The lowest BCUT2D eigenvalue weighted by atomic mass is 10.0. The summed E-state index contributed by atoms with van der Waals surface area (Å²) in [5, 5.41) is 9.09. The quantitative estimate of drug-likeness (QED) is 0.205. The number of fused-ring (bicyclic) bond motifs is 3. The van der Waals surface area contributed by atoms with Crippen molar-refractivity contribution in [1.29, 1.82) is 0 Å². The number of nitrogens with zero attached hydrogens (tertiary/aromatic N) is 5. The van der Waals surface area contributed by atoms with Crippen molar-refractivity contribution in [3.63, 3.8) is 0 Å². The molecule has 1 amide bonds. The number of nitrogens with one attached hydrogen (secondary N) is 1. The Morgan fingerprint density at radius 3 is 2.62 bits per heavy atom. The molecule has 1 saturated carbocycles. The summed E-state index contributed by atoms with van der Waals surface area (Å²) in [6.07, 6.45) is 5.92. The van der Waals surface area contributed by atoms with Gasteiger partial charge in [0.1, 0.15) is 17.3 Å². The van der Waals surface area contributed by atoms with Crippen LogP contribution in [0.2, 0.25) is 0 Å². The van der Waals surface area contributed by atoms with Gasteiger partial charge >= 0.3 is 0 Å². The Morgan fingerprint density at radius 1 is 1.07 bits per heavy atom. The fraction of sp³-hybridized carbons (Fsp3) is 0.314. The average Bonchev–Trinajstić information content (AvgIpc) is 3.69. The van der Waals surface area contributed by atoms with Crippen LogP contribution in [0.1, 0.15) is 62.8 Å². The van der Waals surface area contributed by atoms with Crippen LogP contribution in [0.4, 0.5) is 11.5 Å². The summed E-state index contributed by atoms with van der Waals surface area (Å²) in [5.41, 5.74) is 8.13. The molecular formula is C35H36N6O4. The van der Waals surface area contributed by atoms with Gasteiger partial charge in [-0.05, 0) is 61.2 Å². The van der Waals surface area contributed by atoms with E-state index < -0.39 is 0 Å². The first kappa shape index (κ1) is 28.8. The molecule has 5 aromatic rings. The molecule has 1 N–H and O–H groups in total. The zero-order valence-corrected chi connectivity index (χ0v) is 26.0. The van der Waals surface area contributed by atoms with Gasteiger partial charge in [0.2, 0.25) is 0 Å². The molecule has 0 spiro atoms. The zero-order valence-electron chi connectivity index (χ0n) is 26.0. The molecule has 1 aliphatic heterocycles. The van der Waals surface area contributed by atoms with Gasteiger partial charge in [-0.1, -0.05) is 12.1 Å². The molecule has 0 saturated heterocycles. The minimum atomic E-state index is -0.118. The van der Waals surface area contributed by atoms with Crippen LogP contribution >= 0.6 is 0 Å². The number of amides is 1. The van der Waals surface area contributed by atoms with E-state index in [0.717, 1.165) is 67.5 Å². The van der Waals surface area contributed by atoms with Gasteiger partial charge in [0.05, 0.1) is 56.4 Å². The van der Waals surface area contributed by atoms with Gasteiger partial charge in [0.25, 0.3) is 5.91 Å². The molecule has 10 heteroatoms. The van der Waals surface area contributed by atoms with Crippen molar-refractivity contribution in [2.45, 2.75) is 52.0 Å². The average molecular weight is 605 g/mol. The summed E-state index contributed by atoms with van der Waals surface area (Å²) in [7, 11) is 5.16. The Balaban J connectivity index is 1.20. The van der Waals surface area contributed by atoms with Gasteiger partial charge in [0, 0.05) is 60.2 Å². The number of benzene rings is 2. The molecule has 1 fully saturated rings. The molecule has 4 heterocycles. The Morgan fingerprint density at radius 2 is 1.91 bits per heavy atom. The van der Waals surface area contributed by atoms with E-state index in [1.165, 1.54) is 12.8 Å². The number of methoxy groups -OCH3 is 2. The fourth-order valence-corrected chi connectivity index (χ4v) is 6.02. The highest BCUT2D eigenvalue weighted by Gasteiger charge is 2.27. The molecule has 45 heavy (non-hydrogen) atoms. The van der Waals surface area contributed by atoms with Crippen molar-refractivity contribution in [2.24, 2.45) is 7.05 Å². The molecule has 2 aliphatic rings. The van der Waals surface area contributed by atoms with Crippen molar-refractivity contribution in [3.8, 4) is 11.5 Å². The van der Waals surface area contributed by atoms with Crippen LogP contribution in [0.5, 0.6) is 11.5 Å². The normalized spacial score (nSPS) is 14.0. The minimum Gasteiger partial charge on any atom is -0.497 e. The summed E-state index contributed by atoms with van der Waals surface area (Å²) in [4.78, 5) is 25.4. The first-order valence-corrected chi connectivity index (χ1v) is 15.2. The Bertz CT molecular complexity index is 1900. The highest BCUT2D eigenvalue weighted by atomic mass is 16.5. The number of ether oxygens (including phenoxy) is 3. The molecule has 10 nitrogen and oxygen atoms in total. The fourth-order valence-electron chi connectivity index (χ4n) is 6.02. The van der Waals surface area contributed by atoms with E-state index in [-0.39, 0.29) is 5.91 Å². The number of aryl methyl sites for hydroxylation is 2. The predicted molar refractivity (Wildman–Crippen MR) is 172 cm³/mol. The van der Waals surface area contributed by atoms with E-state index in [2.05, 4.69) is 33.6 Å². The third-order valence-electron chi connectivity index (χ3n) is 8.60. The first-order valence-electron chi connectivity index (χ1n) is 15.2. The summed E-state index contributed by atoms with van der Waals surface area (Å²) >= 11 is 0. The van der Waals surface area contributed by atoms with Crippen LogP contribution in [0.25, 0.3) is 10.9 Å². The van der Waals surface area contributed by atoms with Gasteiger partial charge < -0.3 is 24.4 Å². The second-order valence-corrected chi connectivity index (χ2v) is 11.7. The largest absolute Gasteiger partial charge is 0.497 e. The Hall–Kier alpha value is -4.96. The molecule has 2 aromatic carbocycles. The standard InChI is InChI=1S/C35H36N6O4/c1-21-32(18-40(2)39-21)41(35(42)25-9-12-30(36-16-25)23-6-7-23)17-22-5-11-27-28-19-45-20-29(28)34(38-31(27)13-22)37-15-24-8-10-26(43-3)14-33(24)44-4/h5,8-14,16,18,23H,6-7,15,17,19-20H2,1-4H3,(H,37,38). The maximum absolute atomic E-state index is 14.0. The lowest BCUT2D eigenvalue weighted by molar-refractivity contribution is 0.0984. The van der Waals surface area contributed by atoms with Crippen LogP contribution < -0.4 is 19.7 Å². The van der Waals surface area contributed by atoms with Gasteiger partial charge in [0.15, 0.2) is 0 Å². The smallest absolute Gasteiger partial charge is 0.260 e.